The third-order valence-corrected chi connectivity index (χ3v) is 4.73. The van der Waals surface area contributed by atoms with E-state index in [1.165, 1.54) is 12.1 Å². The largest absolute Gasteiger partial charge is 0.352 e. The lowest BCUT2D eigenvalue weighted by molar-refractivity contribution is -0.127. The Bertz CT molecular complexity index is 611. The number of unbranched alkanes of at least 4 members (excludes halogenated alkanes) is 1. The summed E-state index contributed by atoms with van der Waals surface area (Å²) in [5, 5.41) is 5.59. The summed E-state index contributed by atoms with van der Waals surface area (Å²) < 4.78 is 13.7. The summed E-state index contributed by atoms with van der Waals surface area (Å²) in [5.74, 6) is -0.792. The van der Waals surface area contributed by atoms with E-state index in [4.69, 9.17) is 5.73 Å². The van der Waals surface area contributed by atoms with Gasteiger partial charge in [-0.3, -0.25) is 4.79 Å². The van der Waals surface area contributed by atoms with Crippen molar-refractivity contribution in [3.63, 3.8) is 0 Å². The molecule has 2 atom stereocenters. The molecule has 0 aromatic heterocycles. The smallest absolute Gasteiger partial charge is 0.321 e. The van der Waals surface area contributed by atoms with Crippen LogP contribution in [-0.4, -0.2) is 42.5 Å². The van der Waals surface area contributed by atoms with Gasteiger partial charge in [0, 0.05) is 25.7 Å². The number of hydrogen-bond donors (Lipinski definition) is 3. The molecule has 1 saturated heterocycles. The first-order valence-electron chi connectivity index (χ1n) is 9.36. The molecule has 144 valence electrons. The van der Waals surface area contributed by atoms with Crippen molar-refractivity contribution in [1.29, 1.82) is 0 Å². The summed E-state index contributed by atoms with van der Waals surface area (Å²) in [5.41, 5.74) is 5.89. The summed E-state index contributed by atoms with van der Waals surface area (Å²) in [6, 6.07) is 5.64. The van der Waals surface area contributed by atoms with Crippen LogP contribution >= 0.6 is 0 Å². The Morgan fingerprint density at radius 1 is 1.38 bits per heavy atom. The van der Waals surface area contributed by atoms with E-state index < -0.39 is 5.82 Å². The van der Waals surface area contributed by atoms with E-state index in [-0.39, 0.29) is 29.6 Å². The lowest BCUT2D eigenvalue weighted by atomic mass is 9.96. The standard InChI is InChI=1S/C19H29FN4O2/c1-2-3-8-15(12-21)22-18(25)14-7-6-11-24(13-14)19(26)23-17-10-5-4-9-16(17)20/h4-5,9-10,14-15H,2-3,6-8,11-13,21H2,1H3,(H,22,25)(H,23,26). The Kier molecular flexibility index (Phi) is 7.84. The van der Waals surface area contributed by atoms with Gasteiger partial charge in [0.05, 0.1) is 11.6 Å². The number of halogens is 1. The minimum atomic E-state index is -0.478. The highest BCUT2D eigenvalue weighted by molar-refractivity contribution is 5.90. The van der Waals surface area contributed by atoms with Gasteiger partial charge in [-0.2, -0.15) is 0 Å². The number of para-hydroxylation sites is 1. The van der Waals surface area contributed by atoms with Gasteiger partial charge in [-0.25, -0.2) is 9.18 Å². The number of carbonyl (C=O) groups is 2. The number of amides is 3. The molecule has 1 aromatic carbocycles. The Morgan fingerprint density at radius 3 is 2.85 bits per heavy atom. The van der Waals surface area contributed by atoms with Gasteiger partial charge in [0.25, 0.3) is 0 Å². The Morgan fingerprint density at radius 2 is 2.15 bits per heavy atom. The monoisotopic (exact) mass is 364 g/mol. The van der Waals surface area contributed by atoms with Crippen molar-refractivity contribution in [3.8, 4) is 0 Å². The van der Waals surface area contributed by atoms with Crippen molar-refractivity contribution >= 4 is 17.6 Å². The Hall–Kier alpha value is -2.15. The number of likely N-dealkylation sites (tertiary alicyclic amines) is 1. The molecule has 4 N–H and O–H groups in total. The molecule has 1 heterocycles. The molecule has 2 unspecified atom stereocenters. The minimum Gasteiger partial charge on any atom is -0.352 e. The summed E-state index contributed by atoms with van der Waals surface area (Å²) in [4.78, 5) is 26.5. The van der Waals surface area contributed by atoms with Crippen LogP contribution in [0.5, 0.6) is 0 Å². The third-order valence-electron chi connectivity index (χ3n) is 4.73. The fourth-order valence-electron chi connectivity index (χ4n) is 3.15. The van der Waals surface area contributed by atoms with Crippen LogP contribution in [0.3, 0.4) is 0 Å². The molecule has 1 aromatic rings. The van der Waals surface area contributed by atoms with Gasteiger partial charge in [0.2, 0.25) is 5.91 Å². The van der Waals surface area contributed by atoms with Crippen molar-refractivity contribution in [3.05, 3.63) is 30.1 Å². The number of nitrogens with two attached hydrogens (primary N) is 1. The van der Waals surface area contributed by atoms with E-state index in [0.29, 0.717) is 19.6 Å². The highest BCUT2D eigenvalue weighted by Gasteiger charge is 2.29. The van der Waals surface area contributed by atoms with Crippen molar-refractivity contribution in [2.45, 2.75) is 45.1 Å². The lowest BCUT2D eigenvalue weighted by Gasteiger charge is -2.33. The van der Waals surface area contributed by atoms with Gasteiger partial charge in [-0.15, -0.1) is 0 Å². The number of hydrogen-bond acceptors (Lipinski definition) is 3. The number of nitrogens with one attached hydrogen (secondary N) is 2. The number of anilines is 1. The fraction of sp³-hybridized carbons (Fsp3) is 0.579. The Labute approximate surface area is 154 Å². The van der Waals surface area contributed by atoms with Crippen molar-refractivity contribution in [2.75, 3.05) is 25.0 Å². The van der Waals surface area contributed by atoms with Crippen LogP contribution in [0.15, 0.2) is 24.3 Å². The van der Waals surface area contributed by atoms with Gasteiger partial charge in [-0.1, -0.05) is 31.9 Å². The predicted octanol–water partition coefficient (Wildman–Crippen LogP) is 2.70. The van der Waals surface area contributed by atoms with Gasteiger partial charge in [0.1, 0.15) is 5.82 Å². The topological polar surface area (TPSA) is 87.5 Å². The highest BCUT2D eigenvalue weighted by atomic mass is 19.1. The second-order valence-electron chi connectivity index (χ2n) is 6.78. The van der Waals surface area contributed by atoms with E-state index in [2.05, 4.69) is 17.6 Å². The molecule has 1 fully saturated rings. The molecule has 0 spiro atoms. The van der Waals surface area contributed by atoms with Crippen molar-refractivity contribution in [2.24, 2.45) is 11.7 Å². The number of carbonyl (C=O) groups excluding carboxylic acids is 2. The molecule has 1 aliphatic rings. The highest BCUT2D eigenvalue weighted by Crippen LogP contribution is 2.19. The first-order valence-corrected chi connectivity index (χ1v) is 9.36. The average Bonchev–Trinajstić information content (AvgIpc) is 2.66. The minimum absolute atomic E-state index is 0.0231. The molecular formula is C19H29FN4O2. The first kappa shape index (κ1) is 20.2. The zero-order chi connectivity index (χ0) is 18.9. The number of nitrogens with zero attached hydrogens (tertiary/aromatic N) is 1. The number of benzene rings is 1. The quantitative estimate of drug-likeness (QED) is 0.695. The van der Waals surface area contributed by atoms with Crippen LogP contribution in [0.2, 0.25) is 0 Å². The molecule has 26 heavy (non-hydrogen) atoms. The third kappa shape index (κ3) is 5.69. The summed E-state index contributed by atoms with van der Waals surface area (Å²) in [7, 11) is 0. The average molecular weight is 364 g/mol. The summed E-state index contributed by atoms with van der Waals surface area (Å²) in [6.45, 7) is 3.40. The van der Waals surface area contributed by atoms with Crippen LogP contribution < -0.4 is 16.4 Å². The zero-order valence-electron chi connectivity index (χ0n) is 15.3. The van der Waals surface area contributed by atoms with Gasteiger partial charge in [-0.05, 0) is 31.4 Å². The predicted molar refractivity (Wildman–Crippen MR) is 100 cm³/mol. The molecule has 1 aliphatic heterocycles. The molecule has 0 saturated carbocycles. The molecule has 0 bridgehead atoms. The second kappa shape index (κ2) is 10.1. The second-order valence-corrected chi connectivity index (χ2v) is 6.78. The SMILES string of the molecule is CCCCC(CN)NC(=O)C1CCCN(C(=O)Nc2ccccc2F)C1. The van der Waals surface area contributed by atoms with E-state index in [1.54, 1.807) is 17.0 Å². The van der Waals surface area contributed by atoms with Gasteiger partial charge >= 0.3 is 6.03 Å². The van der Waals surface area contributed by atoms with Crippen LogP contribution in [-0.2, 0) is 4.79 Å². The van der Waals surface area contributed by atoms with E-state index in [9.17, 15) is 14.0 Å². The Balaban J connectivity index is 1.90. The summed E-state index contributed by atoms with van der Waals surface area (Å²) >= 11 is 0. The van der Waals surface area contributed by atoms with Crippen LogP contribution in [0.1, 0.15) is 39.0 Å². The molecule has 2 rings (SSSR count). The fourth-order valence-corrected chi connectivity index (χ4v) is 3.15. The normalized spacial score (nSPS) is 18.3. The number of piperidine rings is 1. The zero-order valence-corrected chi connectivity index (χ0v) is 15.3. The first-order chi connectivity index (χ1) is 12.5. The van der Waals surface area contributed by atoms with Crippen molar-refractivity contribution < 1.29 is 14.0 Å². The lowest BCUT2D eigenvalue weighted by Crippen LogP contribution is -2.49. The molecule has 6 nitrogen and oxygen atoms in total. The maximum Gasteiger partial charge on any atom is 0.321 e. The number of rotatable bonds is 7. The van der Waals surface area contributed by atoms with Gasteiger partial charge in [0.15, 0.2) is 0 Å². The van der Waals surface area contributed by atoms with Crippen LogP contribution in [0, 0.1) is 11.7 Å². The molecule has 0 aliphatic carbocycles. The molecular weight excluding hydrogens is 335 g/mol. The van der Waals surface area contributed by atoms with E-state index >= 15 is 0 Å². The van der Waals surface area contributed by atoms with Crippen LogP contribution in [0.4, 0.5) is 14.9 Å². The maximum atomic E-state index is 13.7. The van der Waals surface area contributed by atoms with Crippen LogP contribution in [0.25, 0.3) is 0 Å². The van der Waals surface area contributed by atoms with Crippen molar-refractivity contribution in [1.82, 2.24) is 10.2 Å². The molecule has 0 radical (unpaired) electrons. The van der Waals surface area contributed by atoms with Gasteiger partial charge < -0.3 is 21.3 Å². The van der Waals surface area contributed by atoms with E-state index in [0.717, 1.165) is 32.1 Å². The molecule has 7 heteroatoms. The van der Waals surface area contributed by atoms with E-state index in [1.807, 2.05) is 0 Å². The summed E-state index contributed by atoms with van der Waals surface area (Å²) in [6.07, 6.45) is 4.41. The number of urea groups is 1. The molecule has 3 amide bonds. The maximum absolute atomic E-state index is 13.7.